The van der Waals surface area contributed by atoms with Crippen LogP contribution in [0.2, 0.25) is 0 Å². The molecular weight excluding hydrogens is 281 g/mol. The van der Waals surface area contributed by atoms with Crippen LogP contribution < -0.4 is 5.32 Å². The summed E-state index contributed by atoms with van der Waals surface area (Å²) in [4.78, 5) is 0. The molecule has 0 saturated heterocycles. The van der Waals surface area contributed by atoms with E-state index >= 15 is 0 Å². The highest BCUT2D eigenvalue weighted by Gasteiger charge is 2.42. The predicted molar refractivity (Wildman–Crippen MR) is 63.7 cm³/mol. The zero-order valence-corrected chi connectivity index (χ0v) is 10.7. The molecule has 2 atom stereocenters. The lowest BCUT2D eigenvalue weighted by molar-refractivity contribution is -0.182. The highest BCUT2D eigenvalue weighted by Crippen LogP contribution is 2.38. The predicted octanol–water partition coefficient (Wildman–Crippen LogP) is 3.68. The Bertz CT molecular complexity index is 429. The molecule has 1 aromatic rings. The van der Waals surface area contributed by atoms with E-state index in [1.807, 2.05) is 0 Å². The van der Waals surface area contributed by atoms with Crippen LogP contribution in [0.25, 0.3) is 0 Å². The fraction of sp³-hybridized carbons (Fsp3) is 0.750. The topological polar surface area (TPSA) is 29.9 Å². The number of hydrogen-bond acceptors (Lipinski definition) is 2. The van der Waals surface area contributed by atoms with Crippen LogP contribution in [0.1, 0.15) is 25.7 Å². The number of halogens is 5. The van der Waals surface area contributed by atoms with Crippen molar-refractivity contribution in [1.82, 2.24) is 9.78 Å². The fourth-order valence-corrected chi connectivity index (χ4v) is 2.53. The first-order chi connectivity index (χ1) is 9.34. The summed E-state index contributed by atoms with van der Waals surface area (Å²) in [7, 11) is 0. The number of nitrogens with one attached hydrogen (secondary N) is 1. The van der Waals surface area contributed by atoms with Crippen molar-refractivity contribution in [1.29, 1.82) is 0 Å². The third-order valence-electron chi connectivity index (χ3n) is 3.47. The Morgan fingerprint density at radius 1 is 1.35 bits per heavy atom. The van der Waals surface area contributed by atoms with Crippen molar-refractivity contribution in [2.45, 2.75) is 50.9 Å². The van der Waals surface area contributed by atoms with Crippen molar-refractivity contribution in [3.63, 3.8) is 0 Å². The normalized spacial score (nSPS) is 24.1. The fourth-order valence-electron chi connectivity index (χ4n) is 2.53. The van der Waals surface area contributed by atoms with Crippen LogP contribution in [-0.4, -0.2) is 28.4 Å². The molecule has 1 fully saturated rings. The summed E-state index contributed by atoms with van der Waals surface area (Å²) < 4.78 is 63.4. The second-order valence-corrected chi connectivity index (χ2v) is 5.09. The molecule has 1 aliphatic carbocycles. The Morgan fingerprint density at radius 3 is 2.75 bits per heavy atom. The second-order valence-electron chi connectivity index (χ2n) is 5.09. The molecule has 2 rings (SSSR count). The quantitative estimate of drug-likeness (QED) is 0.859. The molecule has 1 heterocycles. The van der Waals surface area contributed by atoms with Crippen LogP contribution in [-0.2, 0) is 6.54 Å². The molecule has 114 valence electrons. The lowest BCUT2D eigenvalue weighted by atomic mass is 9.85. The van der Waals surface area contributed by atoms with Crippen molar-refractivity contribution in [2.75, 3.05) is 5.32 Å². The maximum atomic E-state index is 12.7. The van der Waals surface area contributed by atoms with E-state index in [1.54, 1.807) is 0 Å². The maximum absolute atomic E-state index is 12.7. The molecule has 1 N–H and O–H groups in total. The van der Waals surface area contributed by atoms with Gasteiger partial charge in [-0.05, 0) is 19.3 Å². The van der Waals surface area contributed by atoms with Crippen molar-refractivity contribution >= 4 is 5.69 Å². The minimum absolute atomic E-state index is 0.0174. The second kappa shape index (κ2) is 5.97. The summed E-state index contributed by atoms with van der Waals surface area (Å²) in [6.07, 6.45) is -2.59. The van der Waals surface area contributed by atoms with Crippen LogP contribution in [0, 0.1) is 5.92 Å². The molecule has 0 aliphatic heterocycles. The molecule has 8 heteroatoms. The number of nitrogens with zero attached hydrogens (tertiary/aromatic N) is 2. The van der Waals surface area contributed by atoms with Crippen molar-refractivity contribution in [3.05, 3.63) is 12.4 Å². The Hall–Kier alpha value is -1.34. The number of anilines is 1. The summed E-state index contributed by atoms with van der Waals surface area (Å²) >= 11 is 0. The maximum Gasteiger partial charge on any atom is 0.391 e. The summed E-state index contributed by atoms with van der Waals surface area (Å²) in [5.41, 5.74) is 0.485. The summed E-state index contributed by atoms with van der Waals surface area (Å²) in [6, 6.07) is -0.292. The van der Waals surface area contributed by atoms with Gasteiger partial charge >= 0.3 is 6.18 Å². The van der Waals surface area contributed by atoms with Crippen LogP contribution in [0.5, 0.6) is 0 Å². The van der Waals surface area contributed by atoms with Gasteiger partial charge in [-0.1, -0.05) is 6.42 Å². The third kappa shape index (κ3) is 4.08. The van der Waals surface area contributed by atoms with Gasteiger partial charge in [-0.2, -0.15) is 18.3 Å². The van der Waals surface area contributed by atoms with Gasteiger partial charge < -0.3 is 5.32 Å². The van der Waals surface area contributed by atoms with Crippen LogP contribution >= 0.6 is 0 Å². The molecular formula is C12H16F5N3. The number of alkyl halides is 5. The average molecular weight is 297 g/mol. The van der Waals surface area contributed by atoms with E-state index in [-0.39, 0.29) is 18.9 Å². The van der Waals surface area contributed by atoms with Crippen LogP contribution in [0.3, 0.4) is 0 Å². The summed E-state index contributed by atoms with van der Waals surface area (Å²) in [5, 5.41) is 6.69. The first-order valence-corrected chi connectivity index (χ1v) is 6.48. The van der Waals surface area contributed by atoms with Gasteiger partial charge in [0.1, 0.15) is 6.54 Å². The standard InChI is InChI=1S/C12H16F5N3/c13-11(14)7-20-6-10(5-18-20)19-9-3-1-2-8(4-9)12(15,16)17/h5-6,8-9,11,19H,1-4,7H2/t8-,9+/m1/s1. The van der Waals surface area contributed by atoms with E-state index in [9.17, 15) is 22.0 Å². The van der Waals surface area contributed by atoms with Gasteiger partial charge in [0.2, 0.25) is 0 Å². The molecule has 0 radical (unpaired) electrons. The largest absolute Gasteiger partial charge is 0.391 e. The first-order valence-electron chi connectivity index (χ1n) is 6.48. The molecule has 0 spiro atoms. The van der Waals surface area contributed by atoms with Gasteiger partial charge in [0, 0.05) is 12.2 Å². The molecule has 3 nitrogen and oxygen atoms in total. The van der Waals surface area contributed by atoms with E-state index < -0.39 is 25.1 Å². The average Bonchev–Trinajstić information content (AvgIpc) is 2.75. The molecule has 1 aliphatic rings. The van der Waals surface area contributed by atoms with Crippen molar-refractivity contribution in [2.24, 2.45) is 5.92 Å². The van der Waals surface area contributed by atoms with E-state index in [4.69, 9.17) is 0 Å². The van der Waals surface area contributed by atoms with Gasteiger partial charge in [0.15, 0.2) is 0 Å². The minimum Gasteiger partial charge on any atom is -0.380 e. The molecule has 0 unspecified atom stereocenters. The molecule has 20 heavy (non-hydrogen) atoms. The van der Waals surface area contributed by atoms with Crippen LogP contribution in [0.4, 0.5) is 27.6 Å². The van der Waals surface area contributed by atoms with E-state index in [2.05, 4.69) is 10.4 Å². The molecule has 0 bridgehead atoms. The number of rotatable bonds is 4. The molecule has 1 aromatic heterocycles. The van der Waals surface area contributed by atoms with E-state index in [0.29, 0.717) is 18.5 Å². The Kier molecular flexibility index (Phi) is 4.49. The van der Waals surface area contributed by atoms with Crippen molar-refractivity contribution < 1.29 is 22.0 Å². The SMILES string of the molecule is FC(F)Cn1cc(N[C@H]2CCC[C@@H](C(F)(F)F)C2)cn1. The zero-order chi connectivity index (χ0) is 14.8. The van der Waals surface area contributed by atoms with Gasteiger partial charge in [0.25, 0.3) is 6.43 Å². The third-order valence-corrected chi connectivity index (χ3v) is 3.47. The lowest BCUT2D eigenvalue weighted by Gasteiger charge is -2.31. The highest BCUT2D eigenvalue weighted by molar-refractivity contribution is 5.39. The molecule has 0 amide bonds. The Morgan fingerprint density at radius 2 is 2.10 bits per heavy atom. The molecule has 0 aromatic carbocycles. The highest BCUT2D eigenvalue weighted by atomic mass is 19.4. The Labute approximate surface area is 113 Å². The number of aromatic nitrogens is 2. The minimum atomic E-state index is -4.17. The lowest BCUT2D eigenvalue weighted by Crippen LogP contribution is -2.34. The van der Waals surface area contributed by atoms with Gasteiger partial charge in [-0.3, -0.25) is 4.68 Å². The van der Waals surface area contributed by atoms with Gasteiger partial charge in [0.05, 0.1) is 17.8 Å². The summed E-state index contributed by atoms with van der Waals surface area (Å²) in [6.45, 7) is -0.516. The first kappa shape index (κ1) is 15.1. The van der Waals surface area contributed by atoms with Crippen molar-refractivity contribution in [3.8, 4) is 0 Å². The number of hydrogen-bond donors (Lipinski definition) is 1. The molecule has 1 saturated carbocycles. The summed E-state index contributed by atoms with van der Waals surface area (Å²) in [5.74, 6) is -1.29. The van der Waals surface area contributed by atoms with E-state index in [1.165, 1.54) is 12.4 Å². The smallest absolute Gasteiger partial charge is 0.380 e. The Balaban J connectivity index is 1.91. The van der Waals surface area contributed by atoms with Crippen LogP contribution in [0.15, 0.2) is 12.4 Å². The zero-order valence-electron chi connectivity index (χ0n) is 10.7. The van der Waals surface area contributed by atoms with Gasteiger partial charge in [-0.25, -0.2) is 8.78 Å². The van der Waals surface area contributed by atoms with E-state index in [0.717, 1.165) is 4.68 Å². The van der Waals surface area contributed by atoms with Gasteiger partial charge in [-0.15, -0.1) is 0 Å². The monoisotopic (exact) mass is 297 g/mol.